The molecule has 1 aliphatic rings. The van der Waals surface area contributed by atoms with Crippen LogP contribution in [0.5, 0.6) is 11.5 Å². The first-order chi connectivity index (χ1) is 17.0. The Kier molecular flexibility index (Phi) is 8.06. The fourth-order valence-electron chi connectivity index (χ4n) is 3.87. The predicted octanol–water partition coefficient (Wildman–Crippen LogP) is 2.23. The molecule has 1 fully saturated rings. The SMILES string of the molecule is COc1cc(C)c(F)c(COc2cnc(Nc3cc(CN4CCN(CCO)CC4)[nH]n3)nc2)c1F. The normalized spacial score (nSPS) is 14.8. The van der Waals surface area contributed by atoms with Crippen molar-refractivity contribution in [3.63, 3.8) is 0 Å². The van der Waals surface area contributed by atoms with Gasteiger partial charge in [0.05, 0.1) is 37.4 Å². The molecule has 12 heteroatoms. The van der Waals surface area contributed by atoms with Gasteiger partial charge in [0.1, 0.15) is 12.4 Å². The molecule has 0 saturated carbocycles. The fourth-order valence-corrected chi connectivity index (χ4v) is 3.87. The van der Waals surface area contributed by atoms with Crippen LogP contribution in [0.2, 0.25) is 0 Å². The quantitative estimate of drug-likeness (QED) is 0.395. The zero-order valence-electron chi connectivity index (χ0n) is 19.7. The van der Waals surface area contributed by atoms with E-state index in [9.17, 15) is 8.78 Å². The van der Waals surface area contributed by atoms with Crippen LogP contribution in [0, 0.1) is 18.6 Å². The summed E-state index contributed by atoms with van der Waals surface area (Å²) in [6.45, 7) is 6.55. The Balaban J connectivity index is 1.30. The molecule has 0 radical (unpaired) electrons. The molecule has 1 aliphatic heterocycles. The van der Waals surface area contributed by atoms with Crippen LogP contribution in [0.4, 0.5) is 20.5 Å². The number of β-amino-alcohol motifs (C(OH)–C–C–N with tert-alkyl or cyclic N) is 1. The largest absolute Gasteiger partial charge is 0.494 e. The summed E-state index contributed by atoms with van der Waals surface area (Å²) >= 11 is 0. The van der Waals surface area contributed by atoms with Crippen molar-refractivity contribution in [1.82, 2.24) is 30.0 Å². The van der Waals surface area contributed by atoms with E-state index < -0.39 is 11.6 Å². The van der Waals surface area contributed by atoms with Gasteiger partial charge in [-0.2, -0.15) is 5.10 Å². The summed E-state index contributed by atoms with van der Waals surface area (Å²) in [5, 5.41) is 19.3. The van der Waals surface area contributed by atoms with E-state index in [1.807, 2.05) is 6.07 Å². The summed E-state index contributed by atoms with van der Waals surface area (Å²) in [6, 6.07) is 3.20. The number of H-pyrrole nitrogens is 1. The molecule has 0 spiro atoms. The van der Waals surface area contributed by atoms with Crippen LogP contribution in [0.15, 0.2) is 24.5 Å². The molecular weight excluding hydrogens is 460 g/mol. The minimum Gasteiger partial charge on any atom is -0.494 e. The van der Waals surface area contributed by atoms with Crippen molar-refractivity contribution in [2.24, 2.45) is 0 Å². The third kappa shape index (κ3) is 6.21. The first kappa shape index (κ1) is 24.8. The van der Waals surface area contributed by atoms with Gasteiger partial charge in [0.15, 0.2) is 23.1 Å². The monoisotopic (exact) mass is 489 g/mol. The van der Waals surface area contributed by atoms with Crippen LogP contribution in [0.1, 0.15) is 16.8 Å². The summed E-state index contributed by atoms with van der Waals surface area (Å²) in [5.74, 6) is -0.371. The van der Waals surface area contributed by atoms with Crippen LogP contribution < -0.4 is 14.8 Å². The Hall–Kier alpha value is -3.35. The second-order valence-electron chi connectivity index (χ2n) is 8.28. The van der Waals surface area contributed by atoms with E-state index in [1.165, 1.54) is 32.5 Å². The molecule has 3 heterocycles. The van der Waals surface area contributed by atoms with Gasteiger partial charge in [-0.25, -0.2) is 18.7 Å². The number of rotatable bonds is 10. The topological polar surface area (TPSA) is 112 Å². The predicted molar refractivity (Wildman–Crippen MR) is 125 cm³/mol. The molecule has 3 N–H and O–H groups in total. The maximum atomic E-state index is 14.4. The van der Waals surface area contributed by atoms with E-state index in [1.54, 1.807) is 0 Å². The maximum absolute atomic E-state index is 14.4. The van der Waals surface area contributed by atoms with Gasteiger partial charge < -0.3 is 19.9 Å². The Labute approximate surface area is 201 Å². The standard InChI is InChI=1S/C23H29F2N7O3/c1-15-9-19(34-2)22(25)18(21(15)24)14-35-17-11-26-23(27-12-17)28-20-10-16(29-30-20)13-32-5-3-31(4-6-32)7-8-33/h9-12,33H,3-8,13-14H2,1-2H3,(H2,26,27,28,29,30). The second kappa shape index (κ2) is 11.4. The lowest BCUT2D eigenvalue weighted by Crippen LogP contribution is -2.46. The lowest BCUT2D eigenvalue weighted by atomic mass is 10.1. The second-order valence-corrected chi connectivity index (χ2v) is 8.28. The number of aliphatic hydroxyl groups excluding tert-OH is 1. The van der Waals surface area contributed by atoms with Gasteiger partial charge in [-0.15, -0.1) is 0 Å². The Morgan fingerprint density at radius 3 is 2.49 bits per heavy atom. The summed E-state index contributed by atoms with van der Waals surface area (Å²) < 4.78 is 39.2. The number of nitrogens with zero attached hydrogens (tertiary/aromatic N) is 5. The molecule has 35 heavy (non-hydrogen) atoms. The van der Waals surface area contributed by atoms with Gasteiger partial charge in [0.2, 0.25) is 5.95 Å². The number of benzene rings is 1. The number of nitrogens with one attached hydrogen (secondary N) is 2. The van der Waals surface area contributed by atoms with Gasteiger partial charge in [-0.05, 0) is 18.6 Å². The van der Waals surface area contributed by atoms with E-state index in [0.29, 0.717) is 18.3 Å². The Morgan fingerprint density at radius 2 is 1.80 bits per heavy atom. The van der Waals surface area contributed by atoms with E-state index in [0.717, 1.165) is 38.4 Å². The summed E-state index contributed by atoms with van der Waals surface area (Å²) in [4.78, 5) is 12.9. The summed E-state index contributed by atoms with van der Waals surface area (Å²) in [6.07, 6.45) is 2.83. The first-order valence-corrected chi connectivity index (χ1v) is 11.3. The molecule has 4 rings (SSSR count). The molecule has 2 aromatic heterocycles. The van der Waals surface area contributed by atoms with Crippen molar-refractivity contribution in [3.05, 3.63) is 53.0 Å². The van der Waals surface area contributed by atoms with E-state index in [4.69, 9.17) is 14.6 Å². The minimum absolute atomic E-state index is 0.0411. The molecule has 0 unspecified atom stereocenters. The van der Waals surface area contributed by atoms with Crippen molar-refractivity contribution >= 4 is 11.8 Å². The molecule has 0 bridgehead atoms. The number of aromatic nitrogens is 4. The fraction of sp³-hybridized carbons (Fsp3) is 0.435. The molecule has 0 aliphatic carbocycles. The van der Waals surface area contributed by atoms with Crippen LogP contribution in [0.3, 0.4) is 0 Å². The van der Waals surface area contributed by atoms with Crippen LogP contribution in [-0.4, -0.2) is 81.5 Å². The highest BCUT2D eigenvalue weighted by Crippen LogP contribution is 2.27. The van der Waals surface area contributed by atoms with Crippen molar-refractivity contribution in [2.75, 3.05) is 51.8 Å². The highest BCUT2D eigenvalue weighted by atomic mass is 19.1. The van der Waals surface area contributed by atoms with E-state index in [-0.39, 0.29) is 35.8 Å². The highest BCUT2D eigenvalue weighted by Gasteiger charge is 2.19. The van der Waals surface area contributed by atoms with Gasteiger partial charge >= 0.3 is 0 Å². The number of aromatic amines is 1. The molecule has 0 atom stereocenters. The van der Waals surface area contributed by atoms with Crippen LogP contribution in [0.25, 0.3) is 0 Å². The third-order valence-corrected chi connectivity index (χ3v) is 5.82. The molecule has 0 amide bonds. The average Bonchev–Trinajstić information content (AvgIpc) is 3.30. The number of methoxy groups -OCH3 is 1. The van der Waals surface area contributed by atoms with Crippen molar-refractivity contribution in [1.29, 1.82) is 0 Å². The Bertz CT molecular complexity index is 1120. The summed E-state index contributed by atoms with van der Waals surface area (Å²) in [5.41, 5.74) is 1.00. The number of hydrogen-bond donors (Lipinski definition) is 3. The van der Waals surface area contributed by atoms with E-state index in [2.05, 4.69) is 35.3 Å². The highest BCUT2D eigenvalue weighted by molar-refractivity contribution is 5.48. The third-order valence-electron chi connectivity index (χ3n) is 5.82. The van der Waals surface area contributed by atoms with Crippen molar-refractivity contribution in [3.8, 4) is 11.5 Å². The number of ether oxygens (including phenoxy) is 2. The van der Waals surface area contributed by atoms with Crippen LogP contribution in [-0.2, 0) is 13.2 Å². The average molecular weight is 490 g/mol. The number of aryl methyl sites for hydroxylation is 1. The molecular formula is C23H29F2N7O3. The Morgan fingerprint density at radius 1 is 1.09 bits per heavy atom. The molecule has 188 valence electrons. The molecule has 10 nitrogen and oxygen atoms in total. The minimum atomic E-state index is -0.795. The number of halogens is 2. The smallest absolute Gasteiger partial charge is 0.228 e. The number of piperazine rings is 1. The van der Waals surface area contributed by atoms with E-state index >= 15 is 0 Å². The number of anilines is 2. The zero-order valence-corrected chi connectivity index (χ0v) is 19.7. The summed E-state index contributed by atoms with van der Waals surface area (Å²) in [7, 11) is 1.32. The van der Waals surface area contributed by atoms with Crippen molar-refractivity contribution in [2.45, 2.75) is 20.1 Å². The lowest BCUT2D eigenvalue weighted by Gasteiger charge is -2.33. The zero-order chi connectivity index (χ0) is 24.8. The van der Waals surface area contributed by atoms with Gasteiger partial charge in [0, 0.05) is 45.3 Å². The first-order valence-electron chi connectivity index (χ1n) is 11.3. The maximum Gasteiger partial charge on any atom is 0.228 e. The lowest BCUT2D eigenvalue weighted by molar-refractivity contribution is 0.107. The van der Waals surface area contributed by atoms with Gasteiger partial charge in [0.25, 0.3) is 0 Å². The molecule has 3 aromatic rings. The number of hydrogen-bond acceptors (Lipinski definition) is 9. The van der Waals surface area contributed by atoms with Gasteiger partial charge in [-0.1, -0.05) is 0 Å². The van der Waals surface area contributed by atoms with Crippen molar-refractivity contribution < 1.29 is 23.4 Å². The van der Waals surface area contributed by atoms with Crippen LogP contribution >= 0.6 is 0 Å². The molecule has 1 aromatic carbocycles. The number of aliphatic hydroxyl groups is 1. The van der Waals surface area contributed by atoms with Gasteiger partial charge in [-0.3, -0.25) is 14.9 Å². The molecule has 1 saturated heterocycles.